The van der Waals surface area contributed by atoms with Crippen LogP contribution in [-0.2, 0) is 0 Å². The molecule has 0 unspecified atom stereocenters. The van der Waals surface area contributed by atoms with E-state index in [-0.39, 0.29) is 22.8 Å². The van der Waals surface area contributed by atoms with Crippen molar-refractivity contribution < 1.29 is 18.8 Å². The van der Waals surface area contributed by atoms with Crippen LogP contribution in [0.3, 0.4) is 0 Å². The van der Waals surface area contributed by atoms with Gasteiger partial charge in [-0.25, -0.2) is 9.18 Å². The molecule has 0 aliphatic rings. The van der Waals surface area contributed by atoms with E-state index in [1.807, 2.05) is 26.8 Å². The molecule has 2 aromatic carbocycles. The Morgan fingerprint density at radius 3 is 2.44 bits per heavy atom. The third kappa shape index (κ3) is 3.03. The van der Waals surface area contributed by atoms with Crippen LogP contribution in [0.15, 0.2) is 28.8 Å². The number of aromatic carboxylic acids is 1. The van der Waals surface area contributed by atoms with Crippen molar-refractivity contribution in [1.82, 2.24) is 10.1 Å². The number of nitrogens with zero attached hydrogens (tertiary/aromatic N) is 2. The Kier molecular flexibility index (Phi) is 4.12. The molecule has 0 aliphatic carbocycles. The summed E-state index contributed by atoms with van der Waals surface area (Å²) in [6, 6.07) is 6.33. The molecule has 0 amide bonds. The molecule has 1 N–H and O–H groups in total. The summed E-state index contributed by atoms with van der Waals surface area (Å²) in [6.45, 7) is 7.25. The predicted octanol–water partition coefficient (Wildman–Crippen LogP) is 4.47. The van der Waals surface area contributed by atoms with Gasteiger partial charge in [-0.2, -0.15) is 4.98 Å². The molecule has 0 spiro atoms. The fourth-order valence-corrected chi connectivity index (χ4v) is 2.84. The van der Waals surface area contributed by atoms with Gasteiger partial charge < -0.3 is 9.63 Å². The average Bonchev–Trinajstić information content (AvgIpc) is 2.97. The number of carboxylic acids is 1. The van der Waals surface area contributed by atoms with Gasteiger partial charge in [0.2, 0.25) is 5.82 Å². The van der Waals surface area contributed by atoms with E-state index < -0.39 is 11.8 Å². The van der Waals surface area contributed by atoms with Gasteiger partial charge in [0.05, 0.1) is 11.1 Å². The molecule has 1 aromatic heterocycles. The van der Waals surface area contributed by atoms with Gasteiger partial charge in [-0.05, 0) is 68.1 Å². The third-order valence-electron chi connectivity index (χ3n) is 4.23. The van der Waals surface area contributed by atoms with Crippen molar-refractivity contribution in [2.24, 2.45) is 0 Å². The van der Waals surface area contributed by atoms with E-state index in [0.29, 0.717) is 11.1 Å². The first kappa shape index (κ1) is 16.8. The first-order chi connectivity index (χ1) is 11.8. The van der Waals surface area contributed by atoms with Crippen LogP contribution >= 0.6 is 0 Å². The number of aromatic nitrogens is 2. The SMILES string of the molecule is Cc1cc(C)c(-c2nc(-c3cc(C(=O)O)cc(C)c3C)no2)c(F)c1. The lowest BCUT2D eigenvalue weighted by atomic mass is 9.99. The Morgan fingerprint density at radius 2 is 1.80 bits per heavy atom. The molecule has 0 saturated heterocycles. The van der Waals surface area contributed by atoms with E-state index in [2.05, 4.69) is 10.1 Å². The highest BCUT2D eigenvalue weighted by atomic mass is 19.1. The van der Waals surface area contributed by atoms with E-state index in [9.17, 15) is 14.3 Å². The smallest absolute Gasteiger partial charge is 0.335 e. The van der Waals surface area contributed by atoms with Crippen LogP contribution in [0.25, 0.3) is 22.8 Å². The molecule has 6 heteroatoms. The second-order valence-corrected chi connectivity index (χ2v) is 6.13. The Morgan fingerprint density at radius 1 is 1.08 bits per heavy atom. The number of carboxylic acid groups (broad SMARTS) is 1. The van der Waals surface area contributed by atoms with Crippen molar-refractivity contribution in [2.75, 3.05) is 0 Å². The minimum Gasteiger partial charge on any atom is -0.478 e. The average molecular weight is 340 g/mol. The van der Waals surface area contributed by atoms with Crippen LogP contribution in [0.1, 0.15) is 32.6 Å². The van der Waals surface area contributed by atoms with Gasteiger partial charge in [0.25, 0.3) is 5.89 Å². The second kappa shape index (κ2) is 6.12. The number of rotatable bonds is 3. The molecule has 0 radical (unpaired) electrons. The molecule has 25 heavy (non-hydrogen) atoms. The summed E-state index contributed by atoms with van der Waals surface area (Å²) >= 11 is 0. The lowest BCUT2D eigenvalue weighted by molar-refractivity contribution is 0.0697. The van der Waals surface area contributed by atoms with Gasteiger partial charge in [-0.15, -0.1) is 0 Å². The Balaban J connectivity index is 2.14. The van der Waals surface area contributed by atoms with Crippen molar-refractivity contribution in [3.63, 3.8) is 0 Å². The zero-order valence-electron chi connectivity index (χ0n) is 14.3. The van der Waals surface area contributed by atoms with E-state index in [4.69, 9.17) is 4.52 Å². The molecule has 0 bridgehead atoms. The molecular formula is C19H17FN2O3. The van der Waals surface area contributed by atoms with Crippen LogP contribution in [0.4, 0.5) is 4.39 Å². The quantitative estimate of drug-likeness (QED) is 0.761. The molecule has 0 aliphatic heterocycles. The normalized spacial score (nSPS) is 10.9. The molecule has 5 nitrogen and oxygen atoms in total. The van der Waals surface area contributed by atoms with E-state index in [1.54, 1.807) is 13.0 Å². The fourth-order valence-electron chi connectivity index (χ4n) is 2.84. The molecule has 128 valence electrons. The summed E-state index contributed by atoms with van der Waals surface area (Å²) in [5.74, 6) is -1.16. The number of hydrogen-bond donors (Lipinski definition) is 1. The zero-order valence-corrected chi connectivity index (χ0v) is 14.3. The summed E-state index contributed by atoms with van der Waals surface area (Å²) in [5, 5.41) is 13.2. The zero-order chi connectivity index (χ0) is 18.3. The van der Waals surface area contributed by atoms with Crippen LogP contribution in [0.5, 0.6) is 0 Å². The summed E-state index contributed by atoms with van der Waals surface area (Å²) in [7, 11) is 0. The molecule has 0 saturated carbocycles. The molecule has 3 aromatic rings. The van der Waals surface area contributed by atoms with Crippen LogP contribution in [0, 0.1) is 33.5 Å². The summed E-state index contributed by atoms with van der Waals surface area (Å²) in [4.78, 5) is 15.6. The van der Waals surface area contributed by atoms with Crippen LogP contribution in [-0.4, -0.2) is 21.2 Å². The van der Waals surface area contributed by atoms with Gasteiger partial charge in [0, 0.05) is 5.56 Å². The Labute approximate surface area is 144 Å². The van der Waals surface area contributed by atoms with Crippen molar-refractivity contribution >= 4 is 5.97 Å². The summed E-state index contributed by atoms with van der Waals surface area (Å²) in [6.07, 6.45) is 0. The van der Waals surface area contributed by atoms with Crippen LogP contribution in [0.2, 0.25) is 0 Å². The fraction of sp³-hybridized carbons (Fsp3) is 0.211. The molecule has 0 fully saturated rings. The summed E-state index contributed by atoms with van der Waals surface area (Å²) < 4.78 is 19.6. The molecule has 3 rings (SSSR count). The Bertz CT molecular complexity index is 969. The highest BCUT2D eigenvalue weighted by Crippen LogP contribution is 2.30. The number of aryl methyl sites for hydroxylation is 3. The summed E-state index contributed by atoms with van der Waals surface area (Å²) in [5.41, 5.74) is 4.10. The highest BCUT2D eigenvalue weighted by Gasteiger charge is 2.19. The molecule has 0 atom stereocenters. The number of halogens is 1. The van der Waals surface area contributed by atoms with Gasteiger partial charge in [0.1, 0.15) is 5.82 Å². The lowest BCUT2D eigenvalue weighted by Crippen LogP contribution is -2.00. The van der Waals surface area contributed by atoms with Crippen molar-refractivity contribution in [1.29, 1.82) is 0 Å². The van der Waals surface area contributed by atoms with Gasteiger partial charge in [-0.3, -0.25) is 0 Å². The first-order valence-electron chi connectivity index (χ1n) is 7.73. The number of hydrogen-bond acceptors (Lipinski definition) is 4. The van der Waals surface area contributed by atoms with Crippen molar-refractivity contribution in [3.05, 3.63) is 57.9 Å². The monoisotopic (exact) mass is 340 g/mol. The van der Waals surface area contributed by atoms with E-state index >= 15 is 0 Å². The number of carbonyl (C=O) groups is 1. The van der Waals surface area contributed by atoms with E-state index in [1.165, 1.54) is 12.1 Å². The minimum absolute atomic E-state index is 0.0720. The third-order valence-corrected chi connectivity index (χ3v) is 4.23. The highest BCUT2D eigenvalue weighted by molar-refractivity contribution is 5.90. The maximum absolute atomic E-state index is 14.3. The molecular weight excluding hydrogens is 323 g/mol. The van der Waals surface area contributed by atoms with Gasteiger partial charge in [-0.1, -0.05) is 11.2 Å². The van der Waals surface area contributed by atoms with Crippen molar-refractivity contribution in [2.45, 2.75) is 27.7 Å². The minimum atomic E-state index is -1.03. The maximum Gasteiger partial charge on any atom is 0.335 e. The topological polar surface area (TPSA) is 76.2 Å². The lowest BCUT2D eigenvalue weighted by Gasteiger charge is -2.07. The van der Waals surface area contributed by atoms with Gasteiger partial charge in [0.15, 0.2) is 0 Å². The number of benzene rings is 2. The van der Waals surface area contributed by atoms with Crippen LogP contribution < -0.4 is 0 Å². The van der Waals surface area contributed by atoms with Crippen molar-refractivity contribution in [3.8, 4) is 22.8 Å². The van der Waals surface area contributed by atoms with E-state index in [0.717, 1.165) is 16.7 Å². The standard InChI is InChI=1S/C19H17FN2O3/c1-9-5-11(3)16(15(20)6-9)18-21-17(22-25-18)14-8-13(19(23)24)7-10(2)12(14)4/h5-8H,1-4H3,(H,23,24). The molecule has 1 heterocycles. The first-order valence-corrected chi connectivity index (χ1v) is 7.73. The van der Waals surface area contributed by atoms with Gasteiger partial charge >= 0.3 is 5.97 Å². The largest absolute Gasteiger partial charge is 0.478 e. The Hall–Kier alpha value is -3.02. The maximum atomic E-state index is 14.3. The predicted molar refractivity (Wildman–Crippen MR) is 91.0 cm³/mol. The second-order valence-electron chi connectivity index (χ2n) is 6.13.